The number of benzene rings is 1. The summed E-state index contributed by atoms with van der Waals surface area (Å²) < 4.78 is 4.82. The van der Waals surface area contributed by atoms with Crippen molar-refractivity contribution < 1.29 is 19.4 Å². The molecule has 4 heteroatoms. The largest absolute Gasteiger partial charge is 0.468 e. The maximum Gasteiger partial charge on any atom is 0.202 e. The van der Waals surface area contributed by atoms with Gasteiger partial charge in [0, 0.05) is 13.3 Å². The first-order valence-electron chi connectivity index (χ1n) is 4.50. The van der Waals surface area contributed by atoms with Crippen LogP contribution >= 0.6 is 0 Å². The average molecular weight is 208 g/mol. The number of Topliss-reactive ketones (excluding diaryl/α,β-unsaturated/α-hetero) is 2. The first-order valence-corrected chi connectivity index (χ1v) is 4.50. The summed E-state index contributed by atoms with van der Waals surface area (Å²) in [5, 5.41) is 8.49. The van der Waals surface area contributed by atoms with E-state index in [1.807, 2.05) is 0 Å². The molecule has 1 aromatic rings. The summed E-state index contributed by atoms with van der Waals surface area (Å²) in [6, 6.07) is 6.65. The molecule has 15 heavy (non-hydrogen) atoms. The smallest absolute Gasteiger partial charge is 0.202 e. The number of aliphatic hydroxyl groups excluding tert-OH is 1. The van der Waals surface area contributed by atoms with Gasteiger partial charge in [-0.2, -0.15) is 0 Å². The highest BCUT2D eigenvalue weighted by atomic mass is 16.6. The Morgan fingerprint density at radius 3 is 2.33 bits per heavy atom. The van der Waals surface area contributed by atoms with Crippen LogP contribution in [-0.4, -0.2) is 23.5 Å². The van der Waals surface area contributed by atoms with Crippen molar-refractivity contribution in [3.05, 3.63) is 29.8 Å². The van der Waals surface area contributed by atoms with Crippen LogP contribution in [0.5, 0.6) is 5.75 Å². The molecular formula is C11H12O4. The summed E-state index contributed by atoms with van der Waals surface area (Å²) in [7, 11) is 0. The zero-order valence-corrected chi connectivity index (χ0v) is 8.40. The van der Waals surface area contributed by atoms with Crippen molar-refractivity contribution in [1.29, 1.82) is 0 Å². The van der Waals surface area contributed by atoms with Gasteiger partial charge in [0.1, 0.15) is 5.75 Å². The lowest BCUT2D eigenvalue weighted by Gasteiger charge is -2.03. The minimum Gasteiger partial charge on any atom is -0.468 e. The summed E-state index contributed by atoms with van der Waals surface area (Å²) in [5.74, 6) is -0.326. The number of hydrogen-bond acceptors (Lipinski definition) is 4. The van der Waals surface area contributed by atoms with Crippen LogP contribution in [-0.2, 0) is 16.0 Å². The minimum absolute atomic E-state index is 0.106. The third-order valence-corrected chi connectivity index (χ3v) is 1.91. The van der Waals surface area contributed by atoms with E-state index < -0.39 is 11.6 Å². The second-order valence-electron chi connectivity index (χ2n) is 3.07. The van der Waals surface area contributed by atoms with Gasteiger partial charge in [0.2, 0.25) is 5.78 Å². The molecule has 0 radical (unpaired) electrons. The normalized spacial score (nSPS) is 9.73. The summed E-state index contributed by atoms with van der Waals surface area (Å²) in [6.07, 6.45) is 0.106. The molecule has 0 heterocycles. The van der Waals surface area contributed by atoms with Crippen LogP contribution < -0.4 is 4.74 Å². The van der Waals surface area contributed by atoms with Crippen LogP contribution in [0.4, 0.5) is 0 Å². The lowest BCUT2D eigenvalue weighted by Crippen LogP contribution is -2.12. The number of aliphatic hydroxyl groups is 1. The van der Waals surface area contributed by atoms with Gasteiger partial charge >= 0.3 is 0 Å². The fraction of sp³-hybridized carbons (Fsp3) is 0.273. The van der Waals surface area contributed by atoms with Crippen molar-refractivity contribution in [2.75, 3.05) is 6.79 Å². The summed E-state index contributed by atoms with van der Waals surface area (Å²) in [4.78, 5) is 21.8. The summed E-state index contributed by atoms with van der Waals surface area (Å²) in [6.45, 7) is 0.872. The molecule has 0 aromatic heterocycles. The number of ketones is 2. The monoisotopic (exact) mass is 208 g/mol. The highest BCUT2D eigenvalue weighted by Crippen LogP contribution is 2.12. The van der Waals surface area contributed by atoms with Gasteiger partial charge in [-0.15, -0.1) is 0 Å². The second-order valence-corrected chi connectivity index (χ2v) is 3.07. The lowest BCUT2D eigenvalue weighted by atomic mass is 10.1. The fourth-order valence-electron chi connectivity index (χ4n) is 1.09. The van der Waals surface area contributed by atoms with Crippen LogP contribution in [0, 0.1) is 0 Å². The van der Waals surface area contributed by atoms with Gasteiger partial charge in [0.05, 0.1) is 0 Å². The molecule has 0 fully saturated rings. The van der Waals surface area contributed by atoms with E-state index in [1.165, 1.54) is 6.92 Å². The van der Waals surface area contributed by atoms with Crippen molar-refractivity contribution in [2.24, 2.45) is 0 Å². The minimum atomic E-state index is -0.439. The first kappa shape index (κ1) is 11.4. The van der Waals surface area contributed by atoms with Crippen LogP contribution in [0.25, 0.3) is 0 Å². The standard InChI is InChI=1S/C11H12O4/c1-8(13)11(14)6-9-2-4-10(5-3-9)15-7-12/h2-5,12H,6-7H2,1H3. The molecule has 1 N–H and O–H groups in total. The number of hydrogen-bond donors (Lipinski definition) is 1. The highest BCUT2D eigenvalue weighted by molar-refractivity contribution is 6.36. The molecule has 0 amide bonds. The van der Waals surface area contributed by atoms with Gasteiger partial charge < -0.3 is 9.84 Å². The molecule has 0 saturated carbocycles. The zero-order chi connectivity index (χ0) is 11.3. The first-order chi connectivity index (χ1) is 7.13. The lowest BCUT2D eigenvalue weighted by molar-refractivity contribution is -0.134. The molecule has 80 valence electrons. The Labute approximate surface area is 87.5 Å². The Morgan fingerprint density at radius 2 is 1.87 bits per heavy atom. The molecule has 0 aliphatic heterocycles. The Hall–Kier alpha value is -1.68. The average Bonchev–Trinajstić information content (AvgIpc) is 2.21. The third-order valence-electron chi connectivity index (χ3n) is 1.91. The SMILES string of the molecule is CC(=O)C(=O)Cc1ccc(OCO)cc1. The van der Waals surface area contributed by atoms with Crippen LogP contribution in [0.3, 0.4) is 0 Å². The number of ether oxygens (including phenoxy) is 1. The molecule has 0 aliphatic carbocycles. The van der Waals surface area contributed by atoms with Crippen LogP contribution in [0.1, 0.15) is 12.5 Å². The van der Waals surface area contributed by atoms with Crippen molar-refractivity contribution >= 4 is 11.6 Å². The molecule has 4 nitrogen and oxygen atoms in total. The van der Waals surface area contributed by atoms with Gasteiger partial charge in [-0.3, -0.25) is 9.59 Å². The Morgan fingerprint density at radius 1 is 1.27 bits per heavy atom. The Balaban J connectivity index is 2.64. The molecular weight excluding hydrogens is 196 g/mol. The summed E-state index contributed by atoms with van der Waals surface area (Å²) >= 11 is 0. The van der Waals surface area contributed by atoms with E-state index in [4.69, 9.17) is 9.84 Å². The van der Waals surface area contributed by atoms with Gasteiger partial charge in [0.25, 0.3) is 0 Å². The van der Waals surface area contributed by atoms with Crippen LogP contribution in [0.15, 0.2) is 24.3 Å². The van der Waals surface area contributed by atoms with Crippen molar-refractivity contribution in [3.8, 4) is 5.75 Å². The molecule has 0 saturated heterocycles. The van der Waals surface area contributed by atoms with Crippen molar-refractivity contribution in [2.45, 2.75) is 13.3 Å². The van der Waals surface area contributed by atoms with Gasteiger partial charge in [-0.05, 0) is 17.7 Å². The van der Waals surface area contributed by atoms with Gasteiger partial charge in [-0.25, -0.2) is 0 Å². The van der Waals surface area contributed by atoms with E-state index in [1.54, 1.807) is 24.3 Å². The molecule has 1 rings (SSSR count). The molecule has 0 spiro atoms. The molecule has 0 unspecified atom stereocenters. The maximum atomic E-state index is 11.1. The fourth-order valence-corrected chi connectivity index (χ4v) is 1.09. The van der Waals surface area contributed by atoms with Crippen molar-refractivity contribution in [3.63, 3.8) is 0 Å². The number of carbonyl (C=O) groups is 2. The molecule has 0 bridgehead atoms. The van der Waals surface area contributed by atoms with E-state index in [-0.39, 0.29) is 13.2 Å². The predicted molar refractivity (Wildman–Crippen MR) is 53.5 cm³/mol. The Kier molecular flexibility index (Phi) is 4.00. The van der Waals surface area contributed by atoms with E-state index in [0.29, 0.717) is 5.75 Å². The quantitative estimate of drug-likeness (QED) is 0.572. The zero-order valence-electron chi connectivity index (χ0n) is 8.40. The highest BCUT2D eigenvalue weighted by Gasteiger charge is 2.08. The van der Waals surface area contributed by atoms with Gasteiger partial charge in [-0.1, -0.05) is 12.1 Å². The third kappa shape index (κ3) is 3.52. The molecule has 0 aliphatic rings. The predicted octanol–water partition coefficient (Wildman–Crippen LogP) is 0.716. The topological polar surface area (TPSA) is 63.6 Å². The second kappa shape index (κ2) is 5.26. The molecule has 0 atom stereocenters. The number of rotatable bonds is 5. The van der Waals surface area contributed by atoms with E-state index in [9.17, 15) is 9.59 Å². The van der Waals surface area contributed by atoms with E-state index >= 15 is 0 Å². The van der Waals surface area contributed by atoms with Crippen molar-refractivity contribution in [1.82, 2.24) is 0 Å². The number of carbonyl (C=O) groups excluding carboxylic acids is 2. The molecule has 1 aromatic carbocycles. The Bertz CT molecular complexity index is 353. The summed E-state index contributed by atoms with van der Waals surface area (Å²) in [5.41, 5.74) is 0.750. The van der Waals surface area contributed by atoms with E-state index in [0.717, 1.165) is 5.56 Å². The maximum absolute atomic E-state index is 11.1. The van der Waals surface area contributed by atoms with Crippen LogP contribution in [0.2, 0.25) is 0 Å². The van der Waals surface area contributed by atoms with E-state index in [2.05, 4.69) is 0 Å². The van der Waals surface area contributed by atoms with Gasteiger partial charge in [0.15, 0.2) is 12.6 Å².